The molecule has 0 radical (unpaired) electrons. The smallest absolute Gasteiger partial charge is 0.352 e. The van der Waals surface area contributed by atoms with Crippen LogP contribution in [0.1, 0.15) is 47.2 Å². The Morgan fingerprint density at radius 3 is 2.36 bits per heavy atom. The van der Waals surface area contributed by atoms with Crippen LogP contribution in [0.3, 0.4) is 0 Å². The average molecular weight is 356 g/mol. The van der Waals surface area contributed by atoms with Crippen molar-refractivity contribution in [2.75, 3.05) is 6.54 Å². The lowest BCUT2D eigenvalue weighted by atomic mass is 9.85. The van der Waals surface area contributed by atoms with E-state index in [1.165, 1.54) is 0 Å². The van der Waals surface area contributed by atoms with Crippen molar-refractivity contribution < 1.29 is 22.8 Å². The fourth-order valence-corrected chi connectivity index (χ4v) is 3.27. The number of rotatable bonds is 4. The zero-order valence-corrected chi connectivity index (χ0v) is 14.4. The second kappa shape index (κ2) is 7.89. The van der Waals surface area contributed by atoms with Gasteiger partial charge in [-0.15, -0.1) is 0 Å². The zero-order chi connectivity index (χ0) is 18.6. The second-order valence-corrected chi connectivity index (χ2v) is 6.73. The first kappa shape index (κ1) is 19.3. The number of carbonyl (C=O) groups is 2. The maximum Gasteiger partial charge on any atom is 0.391 e. The summed E-state index contributed by atoms with van der Waals surface area (Å²) < 4.78 is 38.4. The molecule has 2 atom stereocenters. The third-order valence-electron chi connectivity index (χ3n) is 4.40. The van der Waals surface area contributed by atoms with Gasteiger partial charge in [-0.1, -0.05) is 23.6 Å². The Hall–Kier alpha value is -2.05. The van der Waals surface area contributed by atoms with E-state index in [0.717, 1.165) is 11.1 Å². The SMILES string of the molecule is Cc1cc(C)cc(C(=O)NCC(=O)N[C@H]2CCC[C@@H](C(F)(F)F)C2)c1. The van der Waals surface area contributed by atoms with Crippen molar-refractivity contribution in [3.63, 3.8) is 0 Å². The predicted molar refractivity (Wildman–Crippen MR) is 88.2 cm³/mol. The fourth-order valence-electron chi connectivity index (χ4n) is 3.27. The number of halogens is 3. The summed E-state index contributed by atoms with van der Waals surface area (Å²) in [4.78, 5) is 24.0. The second-order valence-electron chi connectivity index (χ2n) is 6.73. The molecule has 25 heavy (non-hydrogen) atoms. The van der Waals surface area contributed by atoms with Gasteiger partial charge < -0.3 is 10.6 Å². The summed E-state index contributed by atoms with van der Waals surface area (Å²) in [5.74, 6) is -2.21. The van der Waals surface area contributed by atoms with E-state index in [1.807, 2.05) is 19.9 Å². The van der Waals surface area contributed by atoms with Crippen LogP contribution in [0.15, 0.2) is 18.2 Å². The molecule has 1 fully saturated rings. The van der Waals surface area contributed by atoms with Gasteiger partial charge in [0, 0.05) is 11.6 Å². The highest BCUT2D eigenvalue weighted by molar-refractivity contribution is 5.96. The number of aryl methyl sites for hydroxylation is 2. The molecule has 0 spiro atoms. The molecule has 0 saturated heterocycles. The Bertz CT molecular complexity index is 623. The van der Waals surface area contributed by atoms with Gasteiger partial charge in [0.2, 0.25) is 5.91 Å². The van der Waals surface area contributed by atoms with E-state index < -0.39 is 24.0 Å². The molecule has 4 nitrogen and oxygen atoms in total. The van der Waals surface area contributed by atoms with Crippen LogP contribution < -0.4 is 10.6 Å². The Morgan fingerprint density at radius 2 is 1.76 bits per heavy atom. The van der Waals surface area contributed by atoms with Crippen LogP contribution in [-0.4, -0.2) is 30.6 Å². The highest BCUT2D eigenvalue weighted by Crippen LogP contribution is 2.37. The monoisotopic (exact) mass is 356 g/mol. The molecule has 1 aromatic carbocycles. The lowest BCUT2D eigenvalue weighted by Gasteiger charge is -2.31. The molecule has 1 aromatic rings. The molecule has 0 aliphatic heterocycles. The molecule has 138 valence electrons. The molecular formula is C18H23F3N2O2. The lowest BCUT2D eigenvalue weighted by Crippen LogP contribution is -2.45. The van der Waals surface area contributed by atoms with E-state index in [0.29, 0.717) is 18.4 Å². The van der Waals surface area contributed by atoms with Crippen LogP contribution in [-0.2, 0) is 4.79 Å². The van der Waals surface area contributed by atoms with Gasteiger partial charge in [0.25, 0.3) is 5.91 Å². The Morgan fingerprint density at radius 1 is 1.12 bits per heavy atom. The summed E-state index contributed by atoms with van der Waals surface area (Å²) in [7, 11) is 0. The van der Waals surface area contributed by atoms with E-state index in [-0.39, 0.29) is 25.3 Å². The molecule has 0 aromatic heterocycles. The summed E-state index contributed by atoms with van der Waals surface area (Å²) in [5.41, 5.74) is 2.34. The number of hydrogen-bond acceptors (Lipinski definition) is 2. The number of hydrogen-bond donors (Lipinski definition) is 2. The number of benzene rings is 1. The largest absolute Gasteiger partial charge is 0.391 e. The van der Waals surface area contributed by atoms with E-state index in [4.69, 9.17) is 0 Å². The van der Waals surface area contributed by atoms with Crippen molar-refractivity contribution in [2.24, 2.45) is 5.92 Å². The van der Waals surface area contributed by atoms with Crippen LogP contribution >= 0.6 is 0 Å². The molecule has 2 rings (SSSR count). The Kier molecular flexibility index (Phi) is 6.08. The molecule has 1 aliphatic carbocycles. The Labute approximate surface area is 145 Å². The summed E-state index contributed by atoms with van der Waals surface area (Å²) in [5, 5.41) is 5.11. The van der Waals surface area contributed by atoms with E-state index >= 15 is 0 Å². The topological polar surface area (TPSA) is 58.2 Å². The standard InChI is InChI=1S/C18H23F3N2O2/c1-11-6-12(2)8-13(7-11)17(25)22-10-16(24)23-15-5-3-4-14(9-15)18(19,20)21/h6-8,14-15H,3-5,9-10H2,1-2H3,(H,22,25)(H,23,24)/t14-,15+/m1/s1. The maximum atomic E-state index is 12.8. The van der Waals surface area contributed by atoms with Crippen molar-refractivity contribution in [1.82, 2.24) is 10.6 Å². The molecular weight excluding hydrogens is 333 g/mol. The minimum absolute atomic E-state index is 0.0970. The van der Waals surface area contributed by atoms with Crippen molar-refractivity contribution in [1.29, 1.82) is 0 Å². The van der Waals surface area contributed by atoms with Gasteiger partial charge >= 0.3 is 6.18 Å². The third kappa shape index (κ3) is 5.76. The van der Waals surface area contributed by atoms with Crippen LogP contribution in [0.2, 0.25) is 0 Å². The van der Waals surface area contributed by atoms with Crippen molar-refractivity contribution in [3.05, 3.63) is 34.9 Å². The third-order valence-corrected chi connectivity index (χ3v) is 4.40. The highest BCUT2D eigenvalue weighted by atomic mass is 19.4. The van der Waals surface area contributed by atoms with Crippen LogP contribution in [0.25, 0.3) is 0 Å². The van der Waals surface area contributed by atoms with Crippen molar-refractivity contribution >= 4 is 11.8 Å². The summed E-state index contributed by atoms with van der Waals surface area (Å²) in [6, 6.07) is 4.87. The average Bonchev–Trinajstić information content (AvgIpc) is 2.51. The van der Waals surface area contributed by atoms with E-state index in [2.05, 4.69) is 10.6 Å². The molecule has 0 bridgehead atoms. The minimum atomic E-state index is -4.22. The van der Waals surface area contributed by atoms with Crippen molar-refractivity contribution in [2.45, 2.75) is 51.7 Å². The zero-order valence-electron chi connectivity index (χ0n) is 14.4. The van der Waals surface area contributed by atoms with Crippen molar-refractivity contribution in [3.8, 4) is 0 Å². The van der Waals surface area contributed by atoms with Gasteiger partial charge in [0.1, 0.15) is 0 Å². The van der Waals surface area contributed by atoms with Gasteiger partial charge in [-0.05, 0) is 45.2 Å². The van der Waals surface area contributed by atoms with Crippen LogP contribution in [0.4, 0.5) is 13.2 Å². The fraction of sp³-hybridized carbons (Fsp3) is 0.556. The number of carbonyl (C=O) groups excluding carboxylic acids is 2. The van der Waals surface area contributed by atoms with E-state index in [9.17, 15) is 22.8 Å². The van der Waals surface area contributed by atoms with Crippen LogP contribution in [0.5, 0.6) is 0 Å². The predicted octanol–water partition coefficient (Wildman–Crippen LogP) is 3.27. The molecule has 2 amide bonds. The van der Waals surface area contributed by atoms with Gasteiger partial charge in [0.15, 0.2) is 0 Å². The maximum absolute atomic E-state index is 12.8. The number of alkyl halides is 3. The van der Waals surface area contributed by atoms with Gasteiger partial charge in [0.05, 0.1) is 12.5 Å². The molecule has 1 saturated carbocycles. The summed E-state index contributed by atoms with van der Waals surface area (Å²) in [6.45, 7) is 3.49. The highest BCUT2D eigenvalue weighted by Gasteiger charge is 2.42. The van der Waals surface area contributed by atoms with E-state index in [1.54, 1.807) is 12.1 Å². The lowest BCUT2D eigenvalue weighted by molar-refractivity contribution is -0.184. The molecule has 0 unspecified atom stereocenters. The molecule has 0 heterocycles. The normalized spacial score (nSPS) is 20.8. The summed E-state index contributed by atoms with van der Waals surface area (Å²) in [6.07, 6.45) is -3.24. The molecule has 1 aliphatic rings. The quantitative estimate of drug-likeness (QED) is 0.870. The Balaban J connectivity index is 1.83. The first-order valence-electron chi connectivity index (χ1n) is 8.37. The molecule has 7 heteroatoms. The molecule has 2 N–H and O–H groups in total. The minimum Gasteiger partial charge on any atom is -0.352 e. The number of nitrogens with one attached hydrogen (secondary N) is 2. The summed E-state index contributed by atoms with van der Waals surface area (Å²) >= 11 is 0. The first-order chi connectivity index (χ1) is 11.6. The number of amides is 2. The van der Waals surface area contributed by atoms with Crippen LogP contribution in [0, 0.1) is 19.8 Å². The first-order valence-corrected chi connectivity index (χ1v) is 8.37. The van der Waals surface area contributed by atoms with Gasteiger partial charge in [-0.2, -0.15) is 13.2 Å². The van der Waals surface area contributed by atoms with Gasteiger partial charge in [-0.25, -0.2) is 0 Å². The van der Waals surface area contributed by atoms with Gasteiger partial charge in [-0.3, -0.25) is 9.59 Å².